The summed E-state index contributed by atoms with van der Waals surface area (Å²) in [5, 5.41) is 3.25. The van der Waals surface area contributed by atoms with Gasteiger partial charge in [0.05, 0.1) is 12.6 Å². The molecule has 1 saturated heterocycles. The van der Waals surface area contributed by atoms with Gasteiger partial charge in [0, 0.05) is 19.0 Å². The first-order chi connectivity index (χ1) is 13.9. The first-order valence-electron chi connectivity index (χ1n) is 10.9. The van der Waals surface area contributed by atoms with Gasteiger partial charge in [-0.3, -0.25) is 4.79 Å². The number of benzene rings is 1. The average Bonchev–Trinajstić information content (AvgIpc) is 3.25. The normalized spacial score (nSPS) is 19.4. The van der Waals surface area contributed by atoms with Crippen LogP contribution in [0, 0.1) is 23.6 Å². The molecule has 1 saturated carbocycles. The van der Waals surface area contributed by atoms with Gasteiger partial charge in [-0.1, -0.05) is 38.8 Å². The van der Waals surface area contributed by atoms with Gasteiger partial charge in [0.1, 0.15) is 5.82 Å². The zero-order valence-electron chi connectivity index (χ0n) is 17.5. The van der Waals surface area contributed by atoms with Crippen LogP contribution in [0.25, 0.3) is 0 Å². The van der Waals surface area contributed by atoms with Crippen LogP contribution in [0.2, 0.25) is 0 Å². The molecule has 5 nitrogen and oxygen atoms in total. The first kappa shape index (κ1) is 21.6. The standard InChI is InChI=1S/C23H33FN2O3/c1-16(2)15-29-23(28)26-13-11-19(12-14-26)22(27)25-21(17-5-3-4-6-17)18-7-9-20(24)10-8-18/h7-10,16-17,19,21H,3-6,11-15H2,1-2H3,(H,25,27). The van der Waals surface area contributed by atoms with Crippen molar-refractivity contribution < 1.29 is 18.7 Å². The molecule has 1 atom stereocenters. The van der Waals surface area contributed by atoms with Crippen molar-refractivity contribution in [1.82, 2.24) is 10.2 Å². The van der Waals surface area contributed by atoms with Crippen molar-refractivity contribution in [3.05, 3.63) is 35.6 Å². The second-order valence-electron chi connectivity index (χ2n) is 8.81. The lowest BCUT2D eigenvalue weighted by molar-refractivity contribution is -0.127. The summed E-state index contributed by atoms with van der Waals surface area (Å²) in [6.45, 7) is 5.51. The molecule has 1 unspecified atom stereocenters. The van der Waals surface area contributed by atoms with Crippen LogP contribution in [0.3, 0.4) is 0 Å². The number of hydrogen-bond acceptors (Lipinski definition) is 3. The lowest BCUT2D eigenvalue weighted by Crippen LogP contribution is -2.44. The van der Waals surface area contributed by atoms with E-state index in [9.17, 15) is 14.0 Å². The van der Waals surface area contributed by atoms with Crippen LogP contribution in [0.15, 0.2) is 24.3 Å². The Kier molecular flexibility index (Phi) is 7.51. The molecule has 0 aromatic heterocycles. The molecule has 0 radical (unpaired) electrons. The van der Waals surface area contributed by atoms with Gasteiger partial charge in [-0.05, 0) is 55.2 Å². The van der Waals surface area contributed by atoms with E-state index in [1.165, 1.54) is 25.0 Å². The van der Waals surface area contributed by atoms with Gasteiger partial charge in [0.25, 0.3) is 0 Å². The maximum absolute atomic E-state index is 13.4. The molecule has 1 N–H and O–H groups in total. The van der Waals surface area contributed by atoms with E-state index in [2.05, 4.69) is 5.32 Å². The molecule has 0 spiro atoms. The Balaban J connectivity index is 1.56. The van der Waals surface area contributed by atoms with E-state index in [1.54, 1.807) is 17.0 Å². The number of halogens is 1. The SMILES string of the molecule is CC(C)COC(=O)N1CCC(C(=O)NC(c2ccc(F)cc2)C2CCCC2)CC1. The van der Waals surface area contributed by atoms with Gasteiger partial charge >= 0.3 is 6.09 Å². The molecule has 2 fully saturated rings. The lowest BCUT2D eigenvalue weighted by atomic mass is 9.89. The molecule has 3 rings (SSSR count). The minimum absolute atomic E-state index is 0.0430. The predicted molar refractivity (Wildman–Crippen MR) is 110 cm³/mol. The van der Waals surface area contributed by atoms with Crippen molar-refractivity contribution in [3.63, 3.8) is 0 Å². The van der Waals surface area contributed by atoms with Crippen molar-refractivity contribution in [1.29, 1.82) is 0 Å². The summed E-state index contributed by atoms with van der Waals surface area (Å²) in [4.78, 5) is 26.8. The van der Waals surface area contributed by atoms with Gasteiger partial charge in [-0.15, -0.1) is 0 Å². The molecular weight excluding hydrogens is 371 g/mol. The van der Waals surface area contributed by atoms with Gasteiger partial charge < -0.3 is 15.0 Å². The summed E-state index contributed by atoms with van der Waals surface area (Å²) >= 11 is 0. The number of nitrogens with zero attached hydrogens (tertiary/aromatic N) is 1. The summed E-state index contributed by atoms with van der Waals surface area (Å²) in [5.41, 5.74) is 0.973. The number of ether oxygens (including phenoxy) is 1. The van der Waals surface area contributed by atoms with Crippen LogP contribution in [0.4, 0.5) is 9.18 Å². The van der Waals surface area contributed by atoms with Gasteiger partial charge in [0.2, 0.25) is 5.91 Å². The van der Waals surface area contributed by atoms with E-state index in [0.717, 1.165) is 18.4 Å². The fourth-order valence-corrected chi connectivity index (χ4v) is 4.36. The molecular formula is C23H33FN2O3. The average molecular weight is 405 g/mol. The van der Waals surface area contributed by atoms with E-state index in [0.29, 0.717) is 44.4 Å². The molecule has 2 amide bonds. The quantitative estimate of drug-likeness (QED) is 0.749. The van der Waals surface area contributed by atoms with Crippen LogP contribution in [-0.2, 0) is 9.53 Å². The topological polar surface area (TPSA) is 58.6 Å². The van der Waals surface area contributed by atoms with Crippen molar-refractivity contribution >= 4 is 12.0 Å². The number of carbonyl (C=O) groups is 2. The van der Waals surface area contributed by atoms with E-state index in [4.69, 9.17) is 4.74 Å². The molecule has 1 aromatic rings. The highest BCUT2D eigenvalue weighted by atomic mass is 19.1. The lowest BCUT2D eigenvalue weighted by Gasteiger charge is -2.33. The Hall–Kier alpha value is -2.11. The summed E-state index contributed by atoms with van der Waals surface area (Å²) < 4.78 is 18.6. The van der Waals surface area contributed by atoms with Crippen LogP contribution in [0.5, 0.6) is 0 Å². The third kappa shape index (κ3) is 5.94. The Morgan fingerprint density at radius 2 is 1.72 bits per heavy atom. The van der Waals surface area contributed by atoms with Crippen LogP contribution < -0.4 is 5.32 Å². The molecule has 0 bridgehead atoms. The fourth-order valence-electron chi connectivity index (χ4n) is 4.36. The van der Waals surface area contributed by atoms with Crippen LogP contribution in [-0.4, -0.2) is 36.6 Å². The van der Waals surface area contributed by atoms with E-state index >= 15 is 0 Å². The largest absolute Gasteiger partial charge is 0.449 e. The number of piperidine rings is 1. The van der Waals surface area contributed by atoms with Crippen molar-refractivity contribution in [2.75, 3.05) is 19.7 Å². The second-order valence-corrected chi connectivity index (χ2v) is 8.81. The zero-order valence-corrected chi connectivity index (χ0v) is 17.5. The number of amides is 2. The highest BCUT2D eigenvalue weighted by molar-refractivity contribution is 5.79. The van der Waals surface area contributed by atoms with Crippen LogP contribution >= 0.6 is 0 Å². The minimum atomic E-state index is -0.285. The first-order valence-corrected chi connectivity index (χ1v) is 10.9. The summed E-state index contributed by atoms with van der Waals surface area (Å²) in [5.74, 6) is 0.383. The summed E-state index contributed by atoms with van der Waals surface area (Å²) in [6, 6.07) is 6.42. The van der Waals surface area contributed by atoms with E-state index in [-0.39, 0.29) is 29.8 Å². The van der Waals surface area contributed by atoms with Gasteiger partial charge in [-0.2, -0.15) is 0 Å². The molecule has 160 valence electrons. The molecule has 29 heavy (non-hydrogen) atoms. The number of hydrogen-bond donors (Lipinski definition) is 1. The Bertz CT molecular complexity index is 678. The molecule has 2 aliphatic rings. The Morgan fingerprint density at radius 1 is 1.10 bits per heavy atom. The maximum atomic E-state index is 13.4. The van der Waals surface area contributed by atoms with Crippen molar-refractivity contribution in [2.45, 2.75) is 58.4 Å². The zero-order chi connectivity index (χ0) is 20.8. The third-order valence-corrected chi connectivity index (χ3v) is 6.06. The van der Waals surface area contributed by atoms with Crippen molar-refractivity contribution in [3.8, 4) is 0 Å². The fraction of sp³-hybridized carbons (Fsp3) is 0.652. The minimum Gasteiger partial charge on any atom is -0.449 e. The number of likely N-dealkylation sites (tertiary alicyclic amines) is 1. The Labute approximate surface area is 173 Å². The second kappa shape index (κ2) is 10.1. The van der Waals surface area contributed by atoms with E-state index < -0.39 is 0 Å². The monoisotopic (exact) mass is 404 g/mol. The molecule has 1 heterocycles. The highest BCUT2D eigenvalue weighted by Crippen LogP contribution is 2.36. The predicted octanol–water partition coefficient (Wildman–Crippen LogP) is 4.68. The number of nitrogens with one attached hydrogen (secondary N) is 1. The number of rotatable bonds is 6. The van der Waals surface area contributed by atoms with Gasteiger partial charge in [0.15, 0.2) is 0 Å². The summed E-state index contributed by atoms with van der Waals surface area (Å²) in [6.07, 6.45) is 5.52. The number of carbonyl (C=O) groups excluding carboxylic acids is 2. The van der Waals surface area contributed by atoms with Gasteiger partial charge in [-0.25, -0.2) is 9.18 Å². The van der Waals surface area contributed by atoms with E-state index in [1.807, 2.05) is 13.8 Å². The highest BCUT2D eigenvalue weighted by Gasteiger charge is 2.32. The molecule has 1 aliphatic carbocycles. The third-order valence-electron chi connectivity index (χ3n) is 6.06. The van der Waals surface area contributed by atoms with Crippen LogP contribution in [0.1, 0.15) is 64.0 Å². The van der Waals surface area contributed by atoms with Crippen molar-refractivity contribution in [2.24, 2.45) is 17.8 Å². The Morgan fingerprint density at radius 3 is 2.31 bits per heavy atom. The molecule has 1 aromatic carbocycles. The molecule has 6 heteroatoms. The smallest absolute Gasteiger partial charge is 0.409 e. The summed E-state index contributed by atoms with van der Waals surface area (Å²) in [7, 11) is 0. The molecule has 1 aliphatic heterocycles. The maximum Gasteiger partial charge on any atom is 0.409 e.